The standard InChI is InChI=1S/C15H24N2O2S.ClH/c1-12(10-13-4-3-9-20-13)17-14(18)15(11-19-2)5-7-16-8-6-15;/h3-4,9,12,16H,5-8,10-11H2,1-2H3,(H,17,18);1H. The van der Waals surface area contributed by atoms with Crippen LogP contribution in [0.4, 0.5) is 0 Å². The van der Waals surface area contributed by atoms with Gasteiger partial charge in [0.15, 0.2) is 0 Å². The number of carbonyl (C=O) groups excluding carboxylic acids is 1. The molecular weight excluding hydrogens is 308 g/mol. The Morgan fingerprint density at radius 3 is 2.81 bits per heavy atom. The molecule has 0 saturated carbocycles. The molecule has 0 bridgehead atoms. The topological polar surface area (TPSA) is 50.4 Å². The second kappa shape index (κ2) is 8.73. The number of amides is 1. The van der Waals surface area contributed by atoms with Crippen LogP contribution in [0.15, 0.2) is 17.5 Å². The van der Waals surface area contributed by atoms with Gasteiger partial charge in [-0.05, 0) is 44.3 Å². The van der Waals surface area contributed by atoms with Crippen molar-refractivity contribution in [2.75, 3.05) is 26.8 Å². The van der Waals surface area contributed by atoms with E-state index in [0.717, 1.165) is 32.4 Å². The molecule has 1 aromatic rings. The van der Waals surface area contributed by atoms with Crippen LogP contribution in [0.2, 0.25) is 0 Å². The van der Waals surface area contributed by atoms with Crippen molar-refractivity contribution in [3.8, 4) is 0 Å². The fraction of sp³-hybridized carbons (Fsp3) is 0.667. The first kappa shape index (κ1) is 18.4. The largest absolute Gasteiger partial charge is 0.384 e. The van der Waals surface area contributed by atoms with Gasteiger partial charge in [0, 0.05) is 24.4 Å². The van der Waals surface area contributed by atoms with E-state index in [-0.39, 0.29) is 29.8 Å². The van der Waals surface area contributed by atoms with Crippen molar-refractivity contribution in [1.82, 2.24) is 10.6 Å². The summed E-state index contributed by atoms with van der Waals surface area (Å²) in [6.45, 7) is 4.34. The maximum atomic E-state index is 12.6. The third kappa shape index (κ3) is 4.95. The van der Waals surface area contributed by atoms with Gasteiger partial charge in [0.2, 0.25) is 5.91 Å². The first-order valence-electron chi connectivity index (χ1n) is 7.19. The van der Waals surface area contributed by atoms with Crippen molar-refractivity contribution in [2.45, 2.75) is 32.2 Å². The predicted molar refractivity (Wildman–Crippen MR) is 89.3 cm³/mol. The molecule has 1 aromatic heterocycles. The highest BCUT2D eigenvalue weighted by Crippen LogP contribution is 2.29. The number of hydrogen-bond acceptors (Lipinski definition) is 4. The molecule has 2 N–H and O–H groups in total. The maximum Gasteiger partial charge on any atom is 0.228 e. The second-order valence-electron chi connectivity index (χ2n) is 5.62. The Kier molecular flexibility index (Phi) is 7.66. The molecule has 1 atom stereocenters. The lowest BCUT2D eigenvalue weighted by molar-refractivity contribution is -0.136. The van der Waals surface area contributed by atoms with E-state index in [1.165, 1.54) is 4.88 Å². The minimum atomic E-state index is -0.357. The summed E-state index contributed by atoms with van der Waals surface area (Å²) in [6.07, 6.45) is 2.58. The molecule has 4 nitrogen and oxygen atoms in total. The molecule has 21 heavy (non-hydrogen) atoms. The molecular formula is C15H25ClN2O2S. The highest BCUT2D eigenvalue weighted by Gasteiger charge is 2.39. The van der Waals surface area contributed by atoms with Crippen LogP contribution in [0.25, 0.3) is 0 Å². The fourth-order valence-corrected chi connectivity index (χ4v) is 3.61. The Morgan fingerprint density at radius 1 is 1.52 bits per heavy atom. The zero-order chi connectivity index (χ0) is 14.4. The smallest absolute Gasteiger partial charge is 0.228 e. The van der Waals surface area contributed by atoms with Crippen molar-refractivity contribution in [3.63, 3.8) is 0 Å². The summed E-state index contributed by atoms with van der Waals surface area (Å²) in [5, 5.41) is 8.55. The van der Waals surface area contributed by atoms with Gasteiger partial charge in [0.1, 0.15) is 0 Å². The number of thiophene rings is 1. The van der Waals surface area contributed by atoms with E-state index >= 15 is 0 Å². The van der Waals surface area contributed by atoms with Gasteiger partial charge in [-0.1, -0.05) is 6.07 Å². The van der Waals surface area contributed by atoms with E-state index < -0.39 is 0 Å². The van der Waals surface area contributed by atoms with Crippen molar-refractivity contribution < 1.29 is 9.53 Å². The van der Waals surface area contributed by atoms with E-state index in [9.17, 15) is 4.79 Å². The third-order valence-corrected chi connectivity index (χ3v) is 4.83. The van der Waals surface area contributed by atoms with Gasteiger partial charge in [-0.25, -0.2) is 0 Å². The zero-order valence-electron chi connectivity index (χ0n) is 12.7. The number of carbonyl (C=O) groups is 1. The zero-order valence-corrected chi connectivity index (χ0v) is 14.3. The lowest BCUT2D eigenvalue weighted by atomic mass is 9.78. The first-order chi connectivity index (χ1) is 9.66. The van der Waals surface area contributed by atoms with E-state index in [4.69, 9.17) is 4.74 Å². The highest BCUT2D eigenvalue weighted by atomic mass is 35.5. The van der Waals surface area contributed by atoms with E-state index in [2.05, 4.69) is 29.0 Å². The van der Waals surface area contributed by atoms with Crippen LogP contribution in [-0.4, -0.2) is 38.8 Å². The van der Waals surface area contributed by atoms with Crippen molar-refractivity contribution in [1.29, 1.82) is 0 Å². The molecule has 0 aromatic carbocycles. The molecule has 6 heteroatoms. The summed E-state index contributed by atoms with van der Waals surface area (Å²) < 4.78 is 5.31. The number of methoxy groups -OCH3 is 1. The molecule has 1 aliphatic heterocycles. The molecule has 0 aliphatic carbocycles. The van der Waals surface area contributed by atoms with Crippen LogP contribution < -0.4 is 10.6 Å². The van der Waals surface area contributed by atoms with Crippen molar-refractivity contribution >= 4 is 29.7 Å². The number of rotatable bonds is 6. The summed E-state index contributed by atoms with van der Waals surface area (Å²) in [7, 11) is 1.67. The van der Waals surface area contributed by atoms with Gasteiger partial charge >= 0.3 is 0 Å². The number of ether oxygens (including phenoxy) is 1. The third-order valence-electron chi connectivity index (χ3n) is 3.93. The highest BCUT2D eigenvalue weighted by molar-refractivity contribution is 7.09. The van der Waals surface area contributed by atoms with Gasteiger partial charge in [-0.2, -0.15) is 0 Å². The van der Waals surface area contributed by atoms with Gasteiger partial charge < -0.3 is 15.4 Å². The normalized spacial score (nSPS) is 18.6. The summed E-state index contributed by atoms with van der Waals surface area (Å²) in [5.74, 6) is 0.143. The number of hydrogen-bond donors (Lipinski definition) is 2. The molecule has 2 rings (SSSR count). The Labute approximate surface area is 137 Å². The van der Waals surface area contributed by atoms with Crippen molar-refractivity contribution in [2.24, 2.45) is 5.41 Å². The molecule has 1 fully saturated rings. The minimum absolute atomic E-state index is 0. The van der Waals surface area contributed by atoms with E-state index in [1.807, 2.05) is 6.07 Å². The Hall–Kier alpha value is -0.620. The van der Waals surface area contributed by atoms with Crippen LogP contribution in [0.5, 0.6) is 0 Å². The molecule has 1 aliphatic rings. The molecule has 0 spiro atoms. The van der Waals surface area contributed by atoms with Crippen LogP contribution in [0.1, 0.15) is 24.6 Å². The van der Waals surface area contributed by atoms with Crippen LogP contribution in [0.3, 0.4) is 0 Å². The second-order valence-corrected chi connectivity index (χ2v) is 6.65. The summed E-state index contributed by atoms with van der Waals surface area (Å²) >= 11 is 1.74. The molecule has 1 unspecified atom stereocenters. The maximum absolute atomic E-state index is 12.6. The minimum Gasteiger partial charge on any atom is -0.384 e. The quantitative estimate of drug-likeness (QED) is 0.840. The van der Waals surface area contributed by atoms with E-state index in [0.29, 0.717) is 6.61 Å². The van der Waals surface area contributed by atoms with E-state index in [1.54, 1.807) is 18.4 Å². The van der Waals surface area contributed by atoms with Crippen LogP contribution >= 0.6 is 23.7 Å². The Bertz CT molecular complexity index is 414. The molecule has 0 radical (unpaired) electrons. The average Bonchev–Trinajstić information content (AvgIpc) is 2.92. The summed E-state index contributed by atoms with van der Waals surface area (Å²) in [6, 6.07) is 4.32. The van der Waals surface area contributed by atoms with Gasteiger partial charge in [-0.15, -0.1) is 23.7 Å². The average molecular weight is 333 g/mol. The lowest BCUT2D eigenvalue weighted by Crippen LogP contribution is -2.52. The van der Waals surface area contributed by atoms with Crippen LogP contribution in [0, 0.1) is 5.41 Å². The Morgan fingerprint density at radius 2 is 2.24 bits per heavy atom. The van der Waals surface area contributed by atoms with Gasteiger partial charge in [0.25, 0.3) is 0 Å². The lowest BCUT2D eigenvalue weighted by Gasteiger charge is -2.36. The molecule has 1 amide bonds. The Balaban J connectivity index is 0.00000220. The SMILES string of the molecule is COCC1(C(=O)NC(C)Cc2cccs2)CCNCC1.Cl. The number of nitrogens with one attached hydrogen (secondary N) is 2. The summed E-state index contributed by atoms with van der Waals surface area (Å²) in [4.78, 5) is 13.9. The fourth-order valence-electron chi connectivity index (χ4n) is 2.78. The first-order valence-corrected chi connectivity index (χ1v) is 8.07. The number of piperidine rings is 1. The monoisotopic (exact) mass is 332 g/mol. The van der Waals surface area contributed by atoms with Crippen molar-refractivity contribution in [3.05, 3.63) is 22.4 Å². The molecule has 1 saturated heterocycles. The number of halogens is 1. The summed E-state index contributed by atoms with van der Waals surface area (Å²) in [5.41, 5.74) is -0.357. The van der Waals surface area contributed by atoms with Crippen LogP contribution in [-0.2, 0) is 16.0 Å². The van der Waals surface area contributed by atoms with Gasteiger partial charge in [0.05, 0.1) is 12.0 Å². The molecule has 2 heterocycles. The predicted octanol–water partition coefficient (Wildman–Crippen LogP) is 2.23. The molecule has 120 valence electrons. The van der Waals surface area contributed by atoms with Gasteiger partial charge in [-0.3, -0.25) is 4.79 Å².